The lowest BCUT2D eigenvalue weighted by Gasteiger charge is -2.34. The first-order valence-electron chi connectivity index (χ1n) is 8.49. The van der Waals surface area contributed by atoms with Gasteiger partial charge in [-0.2, -0.15) is 0 Å². The summed E-state index contributed by atoms with van der Waals surface area (Å²) in [6.07, 6.45) is 0.541. The summed E-state index contributed by atoms with van der Waals surface area (Å²) in [6, 6.07) is 10.2. The van der Waals surface area contributed by atoms with Gasteiger partial charge >= 0.3 is 0 Å². The lowest BCUT2D eigenvalue weighted by atomic mass is 10.2. The average Bonchev–Trinajstić information content (AvgIpc) is 2.89. The molecule has 0 saturated carbocycles. The largest absolute Gasteiger partial charge is 0.351 e. The van der Waals surface area contributed by atoms with Gasteiger partial charge in [0.1, 0.15) is 0 Å². The van der Waals surface area contributed by atoms with E-state index in [2.05, 4.69) is 39.4 Å². The first-order chi connectivity index (χ1) is 11.5. The van der Waals surface area contributed by atoms with Crippen molar-refractivity contribution in [1.29, 1.82) is 0 Å². The highest BCUT2D eigenvalue weighted by atomic mass is 32.2. The number of carbonyl (C=O) groups excluding carboxylic acids is 1. The number of rotatable bonds is 5. The van der Waals surface area contributed by atoms with Crippen LogP contribution >= 0.6 is 0 Å². The van der Waals surface area contributed by atoms with Gasteiger partial charge in [-0.1, -0.05) is 30.3 Å². The van der Waals surface area contributed by atoms with Gasteiger partial charge in [0.25, 0.3) is 0 Å². The summed E-state index contributed by atoms with van der Waals surface area (Å²) in [5.41, 5.74) is 1.31. The Kier molecular flexibility index (Phi) is 5.53. The summed E-state index contributed by atoms with van der Waals surface area (Å²) in [6.45, 7) is 4.92. The molecule has 24 heavy (non-hydrogen) atoms. The topological polar surface area (TPSA) is 69.7 Å². The lowest BCUT2D eigenvalue weighted by Crippen LogP contribution is -2.50. The maximum atomic E-state index is 12.1. The van der Waals surface area contributed by atoms with Gasteiger partial charge in [-0.3, -0.25) is 14.6 Å². The van der Waals surface area contributed by atoms with Gasteiger partial charge in [-0.15, -0.1) is 0 Å². The predicted octanol–water partition coefficient (Wildman–Crippen LogP) is 0.108. The zero-order valence-electron chi connectivity index (χ0n) is 13.9. The van der Waals surface area contributed by atoms with Crippen LogP contribution in [0.1, 0.15) is 12.0 Å². The van der Waals surface area contributed by atoms with Crippen LogP contribution < -0.4 is 5.32 Å². The number of sulfone groups is 1. The van der Waals surface area contributed by atoms with Crippen molar-refractivity contribution in [3.05, 3.63) is 35.9 Å². The molecule has 1 N–H and O–H groups in total. The molecule has 0 aromatic heterocycles. The van der Waals surface area contributed by atoms with Crippen molar-refractivity contribution in [2.45, 2.75) is 19.0 Å². The zero-order valence-corrected chi connectivity index (χ0v) is 14.7. The molecule has 2 saturated heterocycles. The molecule has 2 aliphatic rings. The Morgan fingerprint density at radius 2 is 1.75 bits per heavy atom. The summed E-state index contributed by atoms with van der Waals surface area (Å²) in [5.74, 6) is 0.216. The van der Waals surface area contributed by atoms with E-state index in [0.717, 1.165) is 32.7 Å². The van der Waals surface area contributed by atoms with E-state index in [1.807, 2.05) is 6.07 Å². The number of nitrogens with one attached hydrogen (secondary N) is 1. The smallest absolute Gasteiger partial charge is 0.234 e. The summed E-state index contributed by atoms with van der Waals surface area (Å²) in [4.78, 5) is 16.6. The van der Waals surface area contributed by atoms with Gasteiger partial charge < -0.3 is 5.32 Å². The first-order valence-corrected chi connectivity index (χ1v) is 10.3. The second kappa shape index (κ2) is 7.63. The second-order valence-corrected chi connectivity index (χ2v) is 8.93. The standard InChI is InChI=1S/C17H25N3O3S/c21-17(18-16-6-11-24(22,23)14-16)13-20-9-7-19(8-10-20)12-15-4-2-1-3-5-15/h1-5,16H,6-14H2,(H,18,21)/t16-/m1/s1. The molecule has 3 rings (SSSR count). The molecule has 0 aliphatic carbocycles. The van der Waals surface area contributed by atoms with E-state index in [1.165, 1.54) is 5.56 Å². The average molecular weight is 351 g/mol. The molecule has 1 aromatic rings. The third kappa shape index (κ3) is 5.03. The molecule has 1 aromatic carbocycles. The molecule has 0 spiro atoms. The van der Waals surface area contributed by atoms with Crippen LogP contribution in [-0.4, -0.2) is 74.4 Å². The number of hydrogen-bond acceptors (Lipinski definition) is 5. The molecule has 132 valence electrons. The summed E-state index contributed by atoms with van der Waals surface area (Å²) < 4.78 is 22.9. The Morgan fingerprint density at radius 3 is 2.38 bits per heavy atom. The lowest BCUT2D eigenvalue weighted by molar-refractivity contribution is -0.123. The summed E-state index contributed by atoms with van der Waals surface area (Å²) in [7, 11) is -2.95. The fourth-order valence-electron chi connectivity index (χ4n) is 3.33. The molecular weight excluding hydrogens is 326 g/mol. The Bertz CT molecular complexity index is 655. The highest BCUT2D eigenvalue weighted by molar-refractivity contribution is 7.91. The van der Waals surface area contributed by atoms with Gasteiger partial charge in [0, 0.05) is 38.8 Å². The molecule has 2 fully saturated rings. The van der Waals surface area contributed by atoms with Crippen LogP contribution in [-0.2, 0) is 21.2 Å². The highest BCUT2D eigenvalue weighted by Crippen LogP contribution is 2.12. The van der Waals surface area contributed by atoms with Crippen molar-refractivity contribution < 1.29 is 13.2 Å². The van der Waals surface area contributed by atoms with Crippen LogP contribution in [0.2, 0.25) is 0 Å². The molecule has 0 radical (unpaired) electrons. The summed E-state index contributed by atoms with van der Waals surface area (Å²) >= 11 is 0. The predicted molar refractivity (Wildman–Crippen MR) is 93.4 cm³/mol. The Morgan fingerprint density at radius 1 is 1.08 bits per heavy atom. The van der Waals surface area contributed by atoms with E-state index in [9.17, 15) is 13.2 Å². The SMILES string of the molecule is O=C(CN1CCN(Cc2ccccc2)CC1)N[C@@H]1CCS(=O)(=O)C1. The summed E-state index contributed by atoms with van der Waals surface area (Å²) in [5, 5.41) is 2.86. The minimum absolute atomic E-state index is 0.0615. The van der Waals surface area contributed by atoms with Crippen LogP contribution in [0.4, 0.5) is 0 Å². The number of benzene rings is 1. The van der Waals surface area contributed by atoms with Gasteiger partial charge in [0.2, 0.25) is 5.91 Å². The van der Waals surface area contributed by atoms with Gasteiger partial charge in [-0.25, -0.2) is 8.42 Å². The van der Waals surface area contributed by atoms with Crippen molar-refractivity contribution >= 4 is 15.7 Å². The van der Waals surface area contributed by atoms with Crippen LogP contribution in [0.5, 0.6) is 0 Å². The fourth-order valence-corrected chi connectivity index (χ4v) is 5.01. The minimum atomic E-state index is -2.95. The molecule has 0 unspecified atom stereocenters. The van der Waals surface area contributed by atoms with Gasteiger partial charge in [0.15, 0.2) is 9.84 Å². The van der Waals surface area contributed by atoms with E-state index in [1.54, 1.807) is 0 Å². The van der Waals surface area contributed by atoms with Crippen LogP contribution in [0, 0.1) is 0 Å². The monoisotopic (exact) mass is 351 g/mol. The van der Waals surface area contributed by atoms with Crippen LogP contribution in [0.15, 0.2) is 30.3 Å². The molecule has 1 atom stereocenters. The van der Waals surface area contributed by atoms with E-state index in [0.29, 0.717) is 13.0 Å². The van der Waals surface area contributed by atoms with E-state index in [-0.39, 0.29) is 23.5 Å². The van der Waals surface area contributed by atoms with Gasteiger partial charge in [-0.05, 0) is 12.0 Å². The third-order valence-electron chi connectivity index (χ3n) is 4.68. The van der Waals surface area contributed by atoms with Crippen LogP contribution in [0.25, 0.3) is 0 Å². The number of carbonyl (C=O) groups is 1. The van der Waals surface area contributed by atoms with Crippen molar-refractivity contribution in [3.8, 4) is 0 Å². The van der Waals surface area contributed by atoms with Crippen molar-refractivity contribution in [2.24, 2.45) is 0 Å². The zero-order chi connectivity index (χ0) is 17.0. The molecule has 2 heterocycles. The Hall–Kier alpha value is -1.44. The molecule has 6 nitrogen and oxygen atoms in total. The van der Waals surface area contributed by atoms with Crippen molar-refractivity contribution in [3.63, 3.8) is 0 Å². The Balaban J connectivity index is 1.38. The third-order valence-corrected chi connectivity index (χ3v) is 6.45. The van der Waals surface area contributed by atoms with E-state index >= 15 is 0 Å². The minimum Gasteiger partial charge on any atom is -0.351 e. The Labute approximate surface area is 143 Å². The molecule has 2 aliphatic heterocycles. The first kappa shape index (κ1) is 17.4. The van der Waals surface area contributed by atoms with Crippen molar-refractivity contribution in [2.75, 3.05) is 44.2 Å². The quantitative estimate of drug-likeness (QED) is 0.815. The van der Waals surface area contributed by atoms with Crippen molar-refractivity contribution in [1.82, 2.24) is 15.1 Å². The number of hydrogen-bond donors (Lipinski definition) is 1. The van der Waals surface area contributed by atoms with Gasteiger partial charge in [0.05, 0.1) is 18.1 Å². The van der Waals surface area contributed by atoms with E-state index in [4.69, 9.17) is 0 Å². The van der Waals surface area contributed by atoms with Crippen LogP contribution in [0.3, 0.4) is 0 Å². The normalized spacial score (nSPS) is 24.8. The maximum absolute atomic E-state index is 12.1. The maximum Gasteiger partial charge on any atom is 0.234 e. The number of nitrogens with zero attached hydrogens (tertiary/aromatic N) is 2. The fraction of sp³-hybridized carbons (Fsp3) is 0.588. The molecule has 7 heteroatoms. The highest BCUT2D eigenvalue weighted by Gasteiger charge is 2.29. The number of amides is 1. The molecule has 0 bridgehead atoms. The second-order valence-electron chi connectivity index (χ2n) is 6.71. The molecule has 1 amide bonds. The molecular formula is C17H25N3O3S. The van der Waals surface area contributed by atoms with E-state index < -0.39 is 9.84 Å². The number of piperazine rings is 1.